The molecule has 0 bridgehead atoms. The van der Waals surface area contributed by atoms with Crippen LogP contribution >= 0.6 is 0 Å². The number of para-hydroxylation sites is 1. The van der Waals surface area contributed by atoms with Crippen LogP contribution in [0.4, 0.5) is 5.69 Å². The normalized spacial score (nSPS) is 23.2. The molecule has 1 N–H and O–H groups in total. The minimum Gasteiger partial charge on any atom is -0.317 e. The van der Waals surface area contributed by atoms with Gasteiger partial charge in [0.2, 0.25) is 5.91 Å². The summed E-state index contributed by atoms with van der Waals surface area (Å²) in [4.78, 5) is 14.1. The van der Waals surface area contributed by atoms with E-state index in [1.807, 2.05) is 35.2 Å². The summed E-state index contributed by atoms with van der Waals surface area (Å²) in [6, 6.07) is 9.96. The van der Waals surface area contributed by atoms with E-state index in [0.717, 1.165) is 38.2 Å². The molecule has 3 rings (SSSR count). The number of amides is 1. The van der Waals surface area contributed by atoms with Crippen LogP contribution in [0, 0.1) is 5.41 Å². The third-order valence-electron chi connectivity index (χ3n) is 3.79. The molecule has 0 atom stereocenters. The van der Waals surface area contributed by atoms with Crippen LogP contribution < -0.4 is 10.2 Å². The van der Waals surface area contributed by atoms with Crippen molar-refractivity contribution in [1.82, 2.24) is 5.32 Å². The Morgan fingerprint density at radius 1 is 1.12 bits per heavy atom. The first-order valence-corrected chi connectivity index (χ1v) is 5.90. The lowest BCUT2D eigenvalue weighted by Crippen LogP contribution is -2.64. The van der Waals surface area contributed by atoms with E-state index < -0.39 is 0 Å². The lowest BCUT2D eigenvalue weighted by Gasteiger charge is -2.50. The standard InChI is InChI=1S/C13H16N2O/c16-12-13(6-8-14-9-7-13)10-15(12)11-4-2-1-3-5-11/h1-5,14H,6-10H2. The van der Waals surface area contributed by atoms with E-state index in [0.29, 0.717) is 5.91 Å². The topological polar surface area (TPSA) is 32.3 Å². The van der Waals surface area contributed by atoms with E-state index in [9.17, 15) is 4.79 Å². The quantitative estimate of drug-likeness (QED) is 0.720. The number of nitrogens with one attached hydrogen (secondary N) is 1. The first kappa shape index (κ1) is 9.85. The van der Waals surface area contributed by atoms with Crippen LogP contribution in [-0.4, -0.2) is 25.5 Å². The highest BCUT2D eigenvalue weighted by Crippen LogP contribution is 2.42. The minimum absolute atomic E-state index is 0.0406. The fourth-order valence-electron chi connectivity index (χ4n) is 2.73. The summed E-state index contributed by atoms with van der Waals surface area (Å²) in [5.41, 5.74) is 0.998. The monoisotopic (exact) mass is 216 g/mol. The van der Waals surface area contributed by atoms with Gasteiger partial charge in [0, 0.05) is 12.2 Å². The zero-order valence-electron chi connectivity index (χ0n) is 9.28. The summed E-state index contributed by atoms with van der Waals surface area (Å²) in [5.74, 6) is 0.320. The van der Waals surface area contributed by atoms with Gasteiger partial charge in [0.1, 0.15) is 0 Å². The molecule has 0 aromatic heterocycles. The Hall–Kier alpha value is -1.35. The highest BCUT2D eigenvalue weighted by molar-refractivity contribution is 6.04. The molecular formula is C13H16N2O. The van der Waals surface area contributed by atoms with Gasteiger partial charge in [-0.25, -0.2) is 0 Å². The number of benzene rings is 1. The number of anilines is 1. The smallest absolute Gasteiger partial charge is 0.235 e. The van der Waals surface area contributed by atoms with Crippen molar-refractivity contribution in [3.05, 3.63) is 30.3 Å². The Morgan fingerprint density at radius 3 is 2.44 bits per heavy atom. The van der Waals surface area contributed by atoms with Crippen molar-refractivity contribution in [2.75, 3.05) is 24.5 Å². The molecule has 2 heterocycles. The van der Waals surface area contributed by atoms with E-state index in [2.05, 4.69) is 5.32 Å². The van der Waals surface area contributed by atoms with E-state index in [4.69, 9.17) is 0 Å². The second-order valence-corrected chi connectivity index (χ2v) is 4.76. The molecule has 0 unspecified atom stereocenters. The Bertz CT molecular complexity index is 396. The number of piperidine rings is 1. The molecule has 2 saturated heterocycles. The van der Waals surface area contributed by atoms with Crippen LogP contribution in [0.3, 0.4) is 0 Å². The van der Waals surface area contributed by atoms with Gasteiger partial charge >= 0.3 is 0 Å². The van der Waals surface area contributed by atoms with Crippen LogP contribution in [0.15, 0.2) is 30.3 Å². The van der Waals surface area contributed by atoms with Gasteiger partial charge in [-0.15, -0.1) is 0 Å². The number of β-lactam (4-membered cyclic amide) rings is 1. The number of carbonyl (C=O) groups excluding carboxylic acids is 1. The minimum atomic E-state index is -0.0406. The first-order valence-electron chi connectivity index (χ1n) is 5.90. The average molecular weight is 216 g/mol. The number of hydrogen-bond acceptors (Lipinski definition) is 2. The molecule has 2 fully saturated rings. The maximum Gasteiger partial charge on any atom is 0.235 e. The Morgan fingerprint density at radius 2 is 1.81 bits per heavy atom. The average Bonchev–Trinajstić information content (AvgIpc) is 2.38. The predicted molar refractivity (Wildman–Crippen MR) is 63.3 cm³/mol. The van der Waals surface area contributed by atoms with Crippen molar-refractivity contribution < 1.29 is 4.79 Å². The lowest BCUT2D eigenvalue weighted by atomic mass is 9.71. The molecule has 2 aliphatic rings. The maximum atomic E-state index is 12.2. The van der Waals surface area contributed by atoms with Crippen molar-refractivity contribution in [3.63, 3.8) is 0 Å². The van der Waals surface area contributed by atoms with Crippen molar-refractivity contribution in [3.8, 4) is 0 Å². The molecule has 1 amide bonds. The largest absolute Gasteiger partial charge is 0.317 e. The van der Waals surface area contributed by atoms with Crippen LogP contribution in [0.1, 0.15) is 12.8 Å². The Balaban J connectivity index is 1.77. The fourth-order valence-corrected chi connectivity index (χ4v) is 2.73. The van der Waals surface area contributed by atoms with Gasteiger partial charge in [-0.1, -0.05) is 18.2 Å². The number of carbonyl (C=O) groups is 1. The van der Waals surface area contributed by atoms with Crippen LogP contribution in [0.5, 0.6) is 0 Å². The molecule has 0 saturated carbocycles. The van der Waals surface area contributed by atoms with Gasteiger partial charge in [-0.05, 0) is 38.1 Å². The molecule has 0 radical (unpaired) electrons. The molecular weight excluding hydrogens is 200 g/mol. The maximum absolute atomic E-state index is 12.2. The second-order valence-electron chi connectivity index (χ2n) is 4.76. The van der Waals surface area contributed by atoms with Gasteiger partial charge < -0.3 is 10.2 Å². The molecule has 84 valence electrons. The molecule has 1 spiro atoms. The second kappa shape index (κ2) is 3.59. The number of rotatable bonds is 1. The van der Waals surface area contributed by atoms with E-state index in [1.54, 1.807) is 0 Å². The predicted octanol–water partition coefficient (Wildman–Crippen LogP) is 1.40. The van der Waals surface area contributed by atoms with Crippen molar-refractivity contribution in [2.24, 2.45) is 5.41 Å². The molecule has 2 aliphatic heterocycles. The summed E-state index contributed by atoms with van der Waals surface area (Å²) in [6.07, 6.45) is 1.99. The summed E-state index contributed by atoms with van der Waals surface area (Å²) < 4.78 is 0. The van der Waals surface area contributed by atoms with Gasteiger partial charge in [-0.3, -0.25) is 4.79 Å². The van der Waals surface area contributed by atoms with Gasteiger partial charge in [-0.2, -0.15) is 0 Å². The van der Waals surface area contributed by atoms with Gasteiger partial charge in [0.05, 0.1) is 5.41 Å². The molecule has 1 aromatic carbocycles. The summed E-state index contributed by atoms with van der Waals surface area (Å²) in [6.45, 7) is 2.86. The zero-order valence-corrected chi connectivity index (χ0v) is 9.28. The van der Waals surface area contributed by atoms with E-state index in [-0.39, 0.29) is 5.41 Å². The third-order valence-corrected chi connectivity index (χ3v) is 3.79. The molecule has 3 nitrogen and oxygen atoms in total. The van der Waals surface area contributed by atoms with Crippen LogP contribution in [-0.2, 0) is 4.79 Å². The zero-order chi connectivity index (χ0) is 11.0. The highest BCUT2D eigenvalue weighted by Gasteiger charge is 2.52. The Labute approximate surface area is 95.4 Å². The lowest BCUT2D eigenvalue weighted by molar-refractivity contribution is -0.137. The fraction of sp³-hybridized carbons (Fsp3) is 0.462. The Kier molecular flexibility index (Phi) is 2.21. The van der Waals surface area contributed by atoms with Gasteiger partial charge in [0.25, 0.3) is 0 Å². The summed E-state index contributed by atoms with van der Waals surface area (Å²) in [5, 5.41) is 3.31. The van der Waals surface area contributed by atoms with E-state index >= 15 is 0 Å². The third kappa shape index (κ3) is 1.35. The van der Waals surface area contributed by atoms with Crippen molar-refractivity contribution in [2.45, 2.75) is 12.8 Å². The molecule has 0 aliphatic carbocycles. The van der Waals surface area contributed by atoms with Crippen LogP contribution in [0.2, 0.25) is 0 Å². The highest BCUT2D eigenvalue weighted by atomic mass is 16.2. The molecule has 3 heteroatoms. The molecule has 16 heavy (non-hydrogen) atoms. The van der Waals surface area contributed by atoms with E-state index in [1.165, 1.54) is 0 Å². The SMILES string of the molecule is O=C1N(c2ccccc2)CC12CCNCC2. The number of nitrogens with zero attached hydrogens (tertiary/aromatic N) is 1. The summed E-state index contributed by atoms with van der Waals surface area (Å²) >= 11 is 0. The van der Waals surface area contributed by atoms with Crippen LogP contribution in [0.25, 0.3) is 0 Å². The first-order chi connectivity index (χ1) is 7.82. The molecule has 1 aromatic rings. The summed E-state index contributed by atoms with van der Waals surface area (Å²) in [7, 11) is 0. The number of hydrogen-bond donors (Lipinski definition) is 1. The van der Waals surface area contributed by atoms with Gasteiger partial charge in [0.15, 0.2) is 0 Å². The van der Waals surface area contributed by atoms with Crippen molar-refractivity contribution in [1.29, 1.82) is 0 Å². The van der Waals surface area contributed by atoms with Crippen molar-refractivity contribution >= 4 is 11.6 Å².